The van der Waals surface area contributed by atoms with Crippen LogP contribution in [0.15, 0.2) is 156 Å². The number of hydrogen-bond donors (Lipinski definition) is 0. The number of ether oxygens (including phenoxy) is 34. The van der Waals surface area contributed by atoms with Crippen LogP contribution in [0.5, 0.6) is 46.0 Å². The normalized spacial score (nSPS) is 17.3. The SMILES string of the molecule is CC(=O)OC[C@H]1O[C@@H](OCCOCCOCCOc2ccc(OCCOCCOCCOc3ccc(OCCOCCOCCOC(=O)c4ccc(N=Nc5ccc(C(=O)OCCOCCOCCOc6ccc(OCCOCCOCCOc7ccc(OCCOCCOCCO[C@@H]8O[C@H](COC(C)=O)[C@@H](OC(C)=O)[C@H](OC(C)=O)[C@H]8OC(C)=O)cc7)cc6)cc5)cc4)cc3)cc2)[C@H](OC(C)=O)[C@@H](OC(C)=O)[C@@H]1OC(C)=O. The van der Waals surface area contributed by atoms with Gasteiger partial charge in [-0.1, -0.05) is 0 Å². The Morgan fingerprint density at radius 3 is 0.588 bits per heavy atom. The van der Waals surface area contributed by atoms with E-state index >= 15 is 0 Å². The van der Waals surface area contributed by atoms with Crippen molar-refractivity contribution in [3.63, 3.8) is 0 Å². The molecule has 2 heterocycles. The van der Waals surface area contributed by atoms with Gasteiger partial charge < -0.3 is 161 Å². The van der Waals surface area contributed by atoms with Crippen molar-refractivity contribution in [3.05, 3.63) is 157 Å². The van der Waals surface area contributed by atoms with Crippen molar-refractivity contribution in [2.75, 3.05) is 251 Å². The predicted octanol–water partition coefficient (Wildman–Crippen LogP) is 8.65. The number of esters is 10. The lowest BCUT2D eigenvalue weighted by atomic mass is 9.98. The zero-order chi connectivity index (χ0) is 106. The molecule has 46 heteroatoms. The summed E-state index contributed by atoms with van der Waals surface area (Å²) in [7, 11) is 0. The van der Waals surface area contributed by atoms with Gasteiger partial charge in [0.25, 0.3) is 0 Å². The van der Waals surface area contributed by atoms with E-state index in [1.165, 1.54) is 13.8 Å². The van der Waals surface area contributed by atoms with E-state index in [1.54, 1.807) is 146 Å². The summed E-state index contributed by atoms with van der Waals surface area (Å²) in [5, 5.41) is 8.47. The van der Waals surface area contributed by atoms with Crippen LogP contribution in [0.25, 0.3) is 0 Å². The molecule has 0 spiro atoms. The maximum atomic E-state index is 12.7. The molecular formula is C102H134N2O44. The first-order chi connectivity index (χ1) is 71.9. The Morgan fingerprint density at radius 2 is 0.385 bits per heavy atom. The summed E-state index contributed by atoms with van der Waals surface area (Å²) in [6.07, 6.45) is -12.8. The number of hydrogen-bond acceptors (Lipinski definition) is 46. The molecular weight excluding hydrogens is 1960 g/mol. The number of rotatable bonds is 78. The molecule has 0 saturated carbocycles. The van der Waals surface area contributed by atoms with Gasteiger partial charge in [-0.3, -0.25) is 38.4 Å². The summed E-state index contributed by atoms with van der Waals surface area (Å²) in [6, 6.07) is 41.6. The first-order valence-electron chi connectivity index (χ1n) is 48.1. The van der Waals surface area contributed by atoms with Crippen LogP contribution in [0.3, 0.4) is 0 Å². The maximum Gasteiger partial charge on any atom is 0.338 e. The van der Waals surface area contributed by atoms with E-state index in [2.05, 4.69) is 10.2 Å². The Labute approximate surface area is 857 Å². The second kappa shape index (κ2) is 72.7. The number of benzene rings is 6. The molecule has 0 N–H and O–H groups in total. The quantitative estimate of drug-likeness (QED) is 0.0149. The van der Waals surface area contributed by atoms with Gasteiger partial charge in [0.05, 0.1) is 194 Å². The Hall–Kier alpha value is -12.6. The second-order valence-corrected chi connectivity index (χ2v) is 31.5. The van der Waals surface area contributed by atoms with Crippen molar-refractivity contribution >= 4 is 71.1 Å². The van der Waals surface area contributed by atoms with Gasteiger partial charge in [-0.05, 0) is 146 Å². The minimum Gasteiger partial charge on any atom is -0.491 e. The maximum absolute atomic E-state index is 12.7. The van der Waals surface area contributed by atoms with Crippen LogP contribution in [0.2, 0.25) is 0 Å². The minimum absolute atomic E-state index is 0.0457. The molecule has 2 fully saturated rings. The molecule has 816 valence electrons. The standard InChI is InChI=1S/C102H134N2O44/c1-71(105)139-69-91-93(141-73(3)107)95(143-75(5)109)97(145-77(7)111)101(147-91)137-67-55-125-43-39-121-51-63-133-89-29-21-85(22-30-89)129-59-47-117-35-33-115-45-57-127-83-17-25-87(26-18-83)131-61-49-119-37-41-123-53-65-135-99(113)79-9-13-81(14-10-79)103-104-82-15-11-80(12-16-82)100(114)136-66-54-124-42-38-120-50-62-132-88-27-19-84(20-28-88)128-58-46-116-34-36-118-48-60-130-86-23-31-90(32-24-86)134-64-52-122-40-44-126-56-68-138-102-98(146-78(8)112)96(144-76(6)110)94(142-74(4)108)92(148-102)70-140-72(2)106/h9-32,91-98,101-102H,33-70H2,1-8H3/t91-,92-,93-,94-,95+,96+,97-,98-,101-,102-/m1/s1. The highest BCUT2D eigenvalue weighted by Crippen LogP contribution is 2.33. The van der Waals surface area contributed by atoms with Crippen LogP contribution < -0.4 is 37.9 Å². The van der Waals surface area contributed by atoms with Crippen molar-refractivity contribution in [2.24, 2.45) is 10.2 Å². The van der Waals surface area contributed by atoms with Crippen molar-refractivity contribution < 1.29 is 209 Å². The molecule has 6 aromatic carbocycles. The Bertz CT molecular complexity index is 4490. The Morgan fingerprint density at radius 1 is 0.203 bits per heavy atom. The summed E-state index contributed by atoms with van der Waals surface area (Å²) in [4.78, 5) is 121. The van der Waals surface area contributed by atoms with Crippen LogP contribution in [-0.4, -0.2) is 372 Å². The molecule has 0 radical (unpaired) electrons. The summed E-state index contributed by atoms with van der Waals surface area (Å²) in [5.74, 6) is -1.59. The lowest BCUT2D eigenvalue weighted by Gasteiger charge is -2.44. The number of nitrogens with zero attached hydrogens (tertiary/aromatic N) is 2. The summed E-state index contributed by atoms with van der Waals surface area (Å²) in [6.45, 7) is 17.9. The van der Waals surface area contributed by atoms with E-state index in [1.807, 2.05) is 0 Å². The zero-order valence-electron chi connectivity index (χ0n) is 84.4. The Kier molecular flexibility index (Phi) is 59.2. The molecule has 0 aliphatic carbocycles. The Balaban J connectivity index is 0.523. The van der Waals surface area contributed by atoms with Crippen molar-refractivity contribution in [1.29, 1.82) is 0 Å². The molecule has 6 aromatic rings. The highest BCUT2D eigenvalue weighted by atomic mass is 16.8. The van der Waals surface area contributed by atoms with Gasteiger partial charge in [0, 0.05) is 55.4 Å². The fourth-order valence-electron chi connectivity index (χ4n) is 13.3. The second-order valence-electron chi connectivity index (χ2n) is 31.5. The van der Waals surface area contributed by atoms with Gasteiger partial charge in [0.15, 0.2) is 49.2 Å². The van der Waals surface area contributed by atoms with E-state index in [4.69, 9.17) is 161 Å². The molecule has 8 rings (SSSR count). The van der Waals surface area contributed by atoms with Gasteiger partial charge in [0.1, 0.15) is 137 Å². The number of carbonyl (C=O) groups is 10. The monoisotopic (exact) mass is 2090 g/mol. The van der Waals surface area contributed by atoms with Crippen LogP contribution in [0.4, 0.5) is 11.4 Å². The minimum atomic E-state index is -1.34. The van der Waals surface area contributed by atoms with E-state index in [9.17, 15) is 47.9 Å². The molecule has 46 nitrogen and oxygen atoms in total. The van der Waals surface area contributed by atoms with Gasteiger partial charge in [-0.2, -0.15) is 10.2 Å². The van der Waals surface area contributed by atoms with Crippen LogP contribution in [0, 0.1) is 0 Å². The smallest absolute Gasteiger partial charge is 0.338 e. The highest BCUT2D eigenvalue weighted by molar-refractivity contribution is 5.90. The molecule has 10 atom stereocenters. The van der Waals surface area contributed by atoms with E-state index in [0.717, 1.165) is 41.5 Å². The zero-order valence-corrected chi connectivity index (χ0v) is 84.4. The largest absolute Gasteiger partial charge is 0.491 e. The third-order valence-electron chi connectivity index (χ3n) is 19.8. The molecule has 0 unspecified atom stereocenters. The van der Waals surface area contributed by atoms with Crippen molar-refractivity contribution in [3.8, 4) is 46.0 Å². The third kappa shape index (κ3) is 51.8. The lowest BCUT2D eigenvalue weighted by molar-refractivity contribution is -0.309. The number of carbonyl (C=O) groups excluding carboxylic acids is 10. The van der Waals surface area contributed by atoms with Crippen LogP contribution in [0.1, 0.15) is 76.1 Å². The van der Waals surface area contributed by atoms with E-state index in [-0.39, 0.29) is 119 Å². The third-order valence-corrected chi connectivity index (χ3v) is 19.8. The molecule has 2 aliphatic rings. The van der Waals surface area contributed by atoms with Crippen LogP contribution in [-0.2, 0) is 162 Å². The molecule has 0 amide bonds. The molecule has 0 bridgehead atoms. The first-order valence-corrected chi connectivity index (χ1v) is 48.1. The lowest BCUT2D eigenvalue weighted by Crippen LogP contribution is -2.63. The predicted molar refractivity (Wildman–Crippen MR) is 513 cm³/mol. The summed E-state index contributed by atoms with van der Waals surface area (Å²) in [5.41, 5.74) is 1.65. The topological polar surface area (TPSA) is 509 Å². The summed E-state index contributed by atoms with van der Waals surface area (Å²) >= 11 is 0. The van der Waals surface area contributed by atoms with E-state index < -0.39 is 121 Å². The summed E-state index contributed by atoms with van der Waals surface area (Å²) < 4.78 is 190. The first kappa shape index (κ1) is 121. The average Bonchev–Trinajstić information content (AvgIpc) is 0.786. The van der Waals surface area contributed by atoms with Crippen molar-refractivity contribution in [1.82, 2.24) is 0 Å². The molecule has 148 heavy (non-hydrogen) atoms. The van der Waals surface area contributed by atoms with Gasteiger partial charge in [-0.15, -0.1) is 0 Å². The highest BCUT2D eigenvalue weighted by Gasteiger charge is 2.54. The average molecular weight is 2090 g/mol. The van der Waals surface area contributed by atoms with E-state index in [0.29, 0.717) is 201 Å². The molecule has 0 aromatic heterocycles. The van der Waals surface area contributed by atoms with Gasteiger partial charge >= 0.3 is 59.7 Å². The van der Waals surface area contributed by atoms with Crippen molar-refractivity contribution in [2.45, 2.75) is 117 Å². The van der Waals surface area contributed by atoms with Crippen LogP contribution >= 0.6 is 0 Å². The van der Waals surface area contributed by atoms with Gasteiger partial charge in [0.2, 0.25) is 0 Å². The van der Waals surface area contributed by atoms with Gasteiger partial charge in [-0.25, -0.2) is 9.59 Å². The molecule has 2 saturated heterocycles. The fourth-order valence-corrected chi connectivity index (χ4v) is 13.3. The molecule has 2 aliphatic heterocycles. The number of azo groups is 1. The fraction of sp³-hybridized carbons (Fsp3) is 0.549.